The summed E-state index contributed by atoms with van der Waals surface area (Å²) in [6.07, 6.45) is 0.369. The molecule has 0 saturated heterocycles. The van der Waals surface area contributed by atoms with Crippen LogP contribution in [-0.2, 0) is 11.3 Å². The summed E-state index contributed by atoms with van der Waals surface area (Å²) in [6, 6.07) is 12.9. The summed E-state index contributed by atoms with van der Waals surface area (Å²) in [6.45, 7) is 4.24. The van der Waals surface area contributed by atoms with Crippen LogP contribution in [0.4, 0.5) is 5.69 Å². The molecule has 0 bridgehead atoms. The zero-order valence-electron chi connectivity index (χ0n) is 14.4. The number of ether oxygens (including phenoxy) is 1. The van der Waals surface area contributed by atoms with Gasteiger partial charge in [0.1, 0.15) is 5.75 Å². The van der Waals surface area contributed by atoms with Gasteiger partial charge in [0.15, 0.2) is 0 Å². The Morgan fingerprint density at radius 1 is 1.20 bits per heavy atom. The Bertz CT molecular complexity index is 722. The summed E-state index contributed by atoms with van der Waals surface area (Å²) in [4.78, 5) is 14.4. The minimum atomic E-state index is -0.0850. The molecule has 4 nitrogen and oxygen atoms in total. The lowest BCUT2D eigenvalue weighted by Crippen LogP contribution is -2.27. The standard InChI is InChI=1S/C19H22Cl2N2O2/c1-3-23(13-14-6-4-5-7-16(14)21)11-10-19(24)22-17-12-15(20)8-9-18(17)25-2/h4-9,12H,3,10-11,13H2,1-2H3,(H,22,24). The van der Waals surface area contributed by atoms with Crippen LogP contribution < -0.4 is 10.1 Å². The summed E-state index contributed by atoms with van der Waals surface area (Å²) in [7, 11) is 1.56. The number of methoxy groups -OCH3 is 1. The SMILES string of the molecule is CCN(CCC(=O)Nc1cc(Cl)ccc1OC)Cc1ccccc1Cl. The van der Waals surface area contributed by atoms with Gasteiger partial charge in [-0.05, 0) is 36.4 Å². The number of carbonyl (C=O) groups is 1. The van der Waals surface area contributed by atoms with Crippen molar-refractivity contribution in [3.8, 4) is 5.75 Å². The Morgan fingerprint density at radius 2 is 1.96 bits per heavy atom. The lowest BCUT2D eigenvalue weighted by Gasteiger charge is -2.21. The van der Waals surface area contributed by atoms with Gasteiger partial charge in [0, 0.05) is 29.6 Å². The quantitative estimate of drug-likeness (QED) is 0.711. The van der Waals surface area contributed by atoms with Gasteiger partial charge in [-0.25, -0.2) is 0 Å². The van der Waals surface area contributed by atoms with Crippen LogP contribution >= 0.6 is 23.2 Å². The smallest absolute Gasteiger partial charge is 0.225 e. The van der Waals surface area contributed by atoms with Crippen LogP contribution in [0.1, 0.15) is 18.9 Å². The third kappa shape index (κ3) is 5.92. The van der Waals surface area contributed by atoms with Crippen molar-refractivity contribution in [1.82, 2.24) is 4.90 Å². The Morgan fingerprint density at radius 3 is 2.64 bits per heavy atom. The third-order valence-electron chi connectivity index (χ3n) is 3.89. The van der Waals surface area contributed by atoms with Gasteiger partial charge in [-0.2, -0.15) is 0 Å². The van der Waals surface area contributed by atoms with Crippen LogP contribution in [0, 0.1) is 0 Å². The molecule has 25 heavy (non-hydrogen) atoms. The summed E-state index contributed by atoms with van der Waals surface area (Å²) in [5.74, 6) is 0.499. The largest absolute Gasteiger partial charge is 0.495 e. The van der Waals surface area contributed by atoms with Crippen molar-refractivity contribution in [1.29, 1.82) is 0 Å². The zero-order chi connectivity index (χ0) is 18.2. The molecule has 0 aliphatic heterocycles. The fourth-order valence-corrected chi connectivity index (χ4v) is 2.83. The van der Waals surface area contributed by atoms with Crippen molar-refractivity contribution < 1.29 is 9.53 Å². The molecule has 1 N–H and O–H groups in total. The molecular weight excluding hydrogens is 359 g/mol. The fraction of sp³-hybridized carbons (Fsp3) is 0.316. The molecule has 134 valence electrons. The van der Waals surface area contributed by atoms with Crippen LogP contribution in [0.15, 0.2) is 42.5 Å². The normalized spacial score (nSPS) is 10.8. The van der Waals surface area contributed by atoms with E-state index in [-0.39, 0.29) is 5.91 Å². The molecule has 0 radical (unpaired) electrons. The number of benzene rings is 2. The highest BCUT2D eigenvalue weighted by Crippen LogP contribution is 2.27. The van der Waals surface area contributed by atoms with Crippen LogP contribution in [0.2, 0.25) is 10.0 Å². The van der Waals surface area contributed by atoms with Crippen molar-refractivity contribution in [2.75, 3.05) is 25.5 Å². The van der Waals surface area contributed by atoms with Gasteiger partial charge in [0.25, 0.3) is 0 Å². The van der Waals surface area contributed by atoms with E-state index < -0.39 is 0 Å². The lowest BCUT2D eigenvalue weighted by atomic mass is 10.2. The minimum Gasteiger partial charge on any atom is -0.495 e. The zero-order valence-corrected chi connectivity index (χ0v) is 15.9. The highest BCUT2D eigenvalue weighted by atomic mass is 35.5. The number of nitrogens with zero attached hydrogens (tertiary/aromatic N) is 1. The summed E-state index contributed by atoms with van der Waals surface area (Å²) in [5.41, 5.74) is 1.64. The molecule has 0 atom stereocenters. The van der Waals surface area contributed by atoms with Crippen LogP contribution in [0.25, 0.3) is 0 Å². The Hall–Kier alpha value is -1.75. The number of amides is 1. The number of hydrogen-bond acceptors (Lipinski definition) is 3. The summed E-state index contributed by atoms with van der Waals surface area (Å²) < 4.78 is 5.24. The van der Waals surface area contributed by atoms with Gasteiger partial charge in [-0.1, -0.05) is 48.3 Å². The van der Waals surface area contributed by atoms with Crippen molar-refractivity contribution in [3.63, 3.8) is 0 Å². The van der Waals surface area contributed by atoms with E-state index in [4.69, 9.17) is 27.9 Å². The maximum Gasteiger partial charge on any atom is 0.225 e. The summed E-state index contributed by atoms with van der Waals surface area (Å²) >= 11 is 12.2. The first-order valence-electron chi connectivity index (χ1n) is 8.12. The van der Waals surface area contributed by atoms with Crippen molar-refractivity contribution in [3.05, 3.63) is 58.1 Å². The first-order valence-corrected chi connectivity index (χ1v) is 8.88. The third-order valence-corrected chi connectivity index (χ3v) is 4.49. The van der Waals surface area contributed by atoms with Gasteiger partial charge in [0.05, 0.1) is 12.8 Å². The maximum absolute atomic E-state index is 12.3. The van der Waals surface area contributed by atoms with Gasteiger partial charge < -0.3 is 10.1 Å². The van der Waals surface area contributed by atoms with E-state index in [1.165, 1.54) is 0 Å². The molecule has 2 rings (SSSR count). The van der Waals surface area contributed by atoms with Crippen LogP contribution in [0.3, 0.4) is 0 Å². The molecule has 0 aromatic heterocycles. The first-order chi connectivity index (χ1) is 12.0. The highest BCUT2D eigenvalue weighted by Gasteiger charge is 2.12. The summed E-state index contributed by atoms with van der Waals surface area (Å²) in [5, 5.41) is 4.15. The van der Waals surface area contributed by atoms with Crippen molar-refractivity contribution in [2.45, 2.75) is 19.9 Å². The molecule has 0 fully saturated rings. The molecular formula is C19H22Cl2N2O2. The van der Waals surface area contributed by atoms with E-state index >= 15 is 0 Å². The molecule has 0 aliphatic carbocycles. The predicted octanol–water partition coefficient (Wildman–Crippen LogP) is 4.85. The van der Waals surface area contributed by atoms with E-state index in [1.807, 2.05) is 24.3 Å². The number of carbonyl (C=O) groups excluding carboxylic acids is 1. The van der Waals surface area contributed by atoms with Gasteiger partial charge in [-0.3, -0.25) is 9.69 Å². The lowest BCUT2D eigenvalue weighted by molar-refractivity contribution is -0.116. The Balaban J connectivity index is 1.92. The van der Waals surface area contributed by atoms with E-state index in [0.717, 1.165) is 17.1 Å². The maximum atomic E-state index is 12.3. The molecule has 0 spiro atoms. The second kappa shape index (κ2) is 9.66. The molecule has 1 amide bonds. The van der Waals surface area contributed by atoms with E-state index in [0.29, 0.717) is 36.0 Å². The molecule has 0 heterocycles. The van der Waals surface area contributed by atoms with E-state index in [9.17, 15) is 4.79 Å². The molecule has 2 aromatic rings. The highest BCUT2D eigenvalue weighted by molar-refractivity contribution is 6.31. The van der Waals surface area contributed by atoms with Crippen LogP contribution in [0.5, 0.6) is 5.75 Å². The predicted molar refractivity (Wildman–Crippen MR) is 104 cm³/mol. The number of halogens is 2. The molecule has 0 unspecified atom stereocenters. The number of hydrogen-bond donors (Lipinski definition) is 1. The monoisotopic (exact) mass is 380 g/mol. The Labute approximate surface area is 158 Å². The number of nitrogens with one attached hydrogen (secondary N) is 1. The average molecular weight is 381 g/mol. The number of anilines is 1. The van der Waals surface area contributed by atoms with Gasteiger partial charge >= 0.3 is 0 Å². The molecule has 0 aliphatic rings. The van der Waals surface area contributed by atoms with Gasteiger partial charge in [-0.15, -0.1) is 0 Å². The first kappa shape index (κ1) is 19.6. The Kier molecular flexibility index (Phi) is 7.56. The molecule has 0 saturated carbocycles. The topological polar surface area (TPSA) is 41.6 Å². The van der Waals surface area contributed by atoms with E-state index in [1.54, 1.807) is 25.3 Å². The van der Waals surface area contributed by atoms with Gasteiger partial charge in [0.2, 0.25) is 5.91 Å². The van der Waals surface area contributed by atoms with Crippen LogP contribution in [-0.4, -0.2) is 31.0 Å². The minimum absolute atomic E-state index is 0.0850. The van der Waals surface area contributed by atoms with Crippen molar-refractivity contribution in [2.24, 2.45) is 0 Å². The molecule has 6 heteroatoms. The van der Waals surface area contributed by atoms with Crippen molar-refractivity contribution >= 4 is 34.8 Å². The second-order valence-corrected chi connectivity index (χ2v) is 6.45. The second-order valence-electron chi connectivity index (χ2n) is 5.60. The fourth-order valence-electron chi connectivity index (χ4n) is 2.47. The molecule has 2 aromatic carbocycles. The van der Waals surface area contributed by atoms with E-state index in [2.05, 4.69) is 17.1 Å². The average Bonchev–Trinajstić information content (AvgIpc) is 2.60. The number of rotatable bonds is 8.